The summed E-state index contributed by atoms with van der Waals surface area (Å²) in [5.41, 5.74) is 0. The molecule has 0 heterocycles. The van der Waals surface area contributed by atoms with Gasteiger partial charge in [-0.1, -0.05) is 0 Å². The predicted octanol–water partition coefficient (Wildman–Crippen LogP) is 0.825. The normalized spacial score (nSPS) is 18.0. The van der Waals surface area contributed by atoms with Crippen molar-refractivity contribution < 1.29 is 9.53 Å². The third-order valence-corrected chi connectivity index (χ3v) is 1.30. The SMILES string of the molecule is O=COC1CCC1.S. The maximum Gasteiger partial charge on any atom is 0.293 e. The van der Waals surface area contributed by atoms with Gasteiger partial charge in [0.15, 0.2) is 0 Å². The summed E-state index contributed by atoms with van der Waals surface area (Å²) in [6.45, 7) is 0.532. The first kappa shape index (κ1) is 7.82. The second kappa shape index (κ2) is 3.78. The van der Waals surface area contributed by atoms with Crippen molar-refractivity contribution in [2.24, 2.45) is 0 Å². The van der Waals surface area contributed by atoms with Crippen LogP contribution in [0.15, 0.2) is 0 Å². The number of rotatable bonds is 2. The van der Waals surface area contributed by atoms with Gasteiger partial charge in [0.05, 0.1) is 0 Å². The molecule has 1 aliphatic carbocycles. The number of hydrogen-bond acceptors (Lipinski definition) is 2. The Morgan fingerprint density at radius 1 is 1.50 bits per heavy atom. The lowest BCUT2D eigenvalue weighted by molar-refractivity contribution is -0.137. The Morgan fingerprint density at radius 2 is 2.12 bits per heavy atom. The third kappa shape index (κ3) is 1.74. The molecule has 0 radical (unpaired) electrons. The van der Waals surface area contributed by atoms with E-state index in [-0.39, 0.29) is 19.6 Å². The minimum Gasteiger partial charge on any atom is -0.465 e. The van der Waals surface area contributed by atoms with E-state index in [1.807, 2.05) is 0 Å². The van der Waals surface area contributed by atoms with Crippen LogP contribution < -0.4 is 0 Å². The topological polar surface area (TPSA) is 26.3 Å². The van der Waals surface area contributed by atoms with Gasteiger partial charge in [0.1, 0.15) is 6.10 Å². The summed E-state index contributed by atoms with van der Waals surface area (Å²) in [6, 6.07) is 0. The molecule has 0 saturated heterocycles. The highest BCUT2D eigenvalue weighted by Gasteiger charge is 2.17. The van der Waals surface area contributed by atoms with E-state index in [0.717, 1.165) is 12.8 Å². The molecular weight excluding hydrogens is 124 g/mol. The molecule has 0 aromatic carbocycles. The zero-order valence-electron chi connectivity index (χ0n) is 4.59. The molecule has 0 amide bonds. The van der Waals surface area contributed by atoms with Gasteiger partial charge in [-0.25, -0.2) is 0 Å². The van der Waals surface area contributed by atoms with Gasteiger partial charge in [-0.05, 0) is 19.3 Å². The standard InChI is InChI=1S/C5H8O2.H2S/c6-4-7-5-2-1-3-5;/h4-5H,1-3H2;1H2. The smallest absolute Gasteiger partial charge is 0.293 e. The zero-order chi connectivity index (χ0) is 5.11. The van der Waals surface area contributed by atoms with Crippen molar-refractivity contribution in [3.63, 3.8) is 0 Å². The first-order chi connectivity index (χ1) is 3.43. The summed E-state index contributed by atoms with van der Waals surface area (Å²) in [5.74, 6) is 0. The molecule has 3 heteroatoms. The maximum atomic E-state index is 9.59. The first-order valence-corrected chi connectivity index (χ1v) is 2.52. The Bertz CT molecular complexity index is 70.8. The van der Waals surface area contributed by atoms with Gasteiger partial charge in [-0.2, -0.15) is 13.5 Å². The van der Waals surface area contributed by atoms with Crippen molar-refractivity contribution in [3.8, 4) is 0 Å². The molecule has 0 bridgehead atoms. The molecule has 0 aromatic rings. The molecule has 8 heavy (non-hydrogen) atoms. The Balaban J connectivity index is 0.000000490. The van der Waals surface area contributed by atoms with Crippen LogP contribution in [0.3, 0.4) is 0 Å². The Labute approximate surface area is 55.7 Å². The second-order valence-electron chi connectivity index (χ2n) is 1.79. The van der Waals surface area contributed by atoms with Crippen molar-refractivity contribution in [2.75, 3.05) is 0 Å². The number of ether oxygens (including phenoxy) is 1. The second-order valence-corrected chi connectivity index (χ2v) is 1.79. The number of carbonyl (C=O) groups is 1. The largest absolute Gasteiger partial charge is 0.465 e. The van der Waals surface area contributed by atoms with Gasteiger partial charge in [-0.15, -0.1) is 0 Å². The van der Waals surface area contributed by atoms with Crippen LogP contribution in [0.1, 0.15) is 19.3 Å². The van der Waals surface area contributed by atoms with Crippen LogP contribution in [0.5, 0.6) is 0 Å². The fourth-order valence-corrected chi connectivity index (χ4v) is 0.585. The first-order valence-electron chi connectivity index (χ1n) is 2.52. The Morgan fingerprint density at radius 3 is 2.25 bits per heavy atom. The van der Waals surface area contributed by atoms with Crippen LogP contribution in [-0.4, -0.2) is 12.6 Å². The fraction of sp³-hybridized carbons (Fsp3) is 0.800. The molecule has 0 aromatic heterocycles. The van der Waals surface area contributed by atoms with E-state index in [0.29, 0.717) is 6.47 Å². The highest BCUT2D eigenvalue weighted by molar-refractivity contribution is 7.59. The maximum absolute atomic E-state index is 9.59. The zero-order valence-corrected chi connectivity index (χ0v) is 5.59. The van der Waals surface area contributed by atoms with E-state index in [1.165, 1.54) is 6.42 Å². The van der Waals surface area contributed by atoms with Crippen molar-refractivity contribution in [3.05, 3.63) is 0 Å². The summed E-state index contributed by atoms with van der Waals surface area (Å²) in [5, 5.41) is 0. The van der Waals surface area contributed by atoms with Gasteiger partial charge in [0.2, 0.25) is 0 Å². The van der Waals surface area contributed by atoms with Crippen molar-refractivity contribution >= 4 is 20.0 Å². The molecule has 1 fully saturated rings. The average molecular weight is 134 g/mol. The van der Waals surface area contributed by atoms with Crippen molar-refractivity contribution in [2.45, 2.75) is 25.4 Å². The van der Waals surface area contributed by atoms with Gasteiger partial charge in [0.25, 0.3) is 6.47 Å². The van der Waals surface area contributed by atoms with Crippen LogP contribution in [0.25, 0.3) is 0 Å². The van der Waals surface area contributed by atoms with E-state index in [9.17, 15) is 4.79 Å². The van der Waals surface area contributed by atoms with Crippen LogP contribution >= 0.6 is 13.5 Å². The van der Waals surface area contributed by atoms with E-state index >= 15 is 0 Å². The minimum absolute atomic E-state index is 0. The van der Waals surface area contributed by atoms with Crippen LogP contribution in [0, 0.1) is 0 Å². The van der Waals surface area contributed by atoms with E-state index in [2.05, 4.69) is 4.74 Å². The molecule has 0 N–H and O–H groups in total. The highest BCUT2D eigenvalue weighted by atomic mass is 32.1. The molecule has 2 nitrogen and oxygen atoms in total. The van der Waals surface area contributed by atoms with Crippen LogP contribution in [-0.2, 0) is 9.53 Å². The van der Waals surface area contributed by atoms with E-state index in [1.54, 1.807) is 0 Å². The van der Waals surface area contributed by atoms with Gasteiger partial charge < -0.3 is 4.74 Å². The van der Waals surface area contributed by atoms with Crippen molar-refractivity contribution in [1.29, 1.82) is 0 Å². The van der Waals surface area contributed by atoms with Crippen LogP contribution in [0.4, 0.5) is 0 Å². The lowest BCUT2D eigenvalue weighted by Crippen LogP contribution is -2.20. The van der Waals surface area contributed by atoms with Crippen LogP contribution in [0.2, 0.25) is 0 Å². The predicted molar refractivity (Wildman–Crippen MR) is 35.2 cm³/mol. The lowest BCUT2D eigenvalue weighted by atomic mass is 9.96. The molecule has 48 valence electrons. The van der Waals surface area contributed by atoms with Crippen molar-refractivity contribution in [1.82, 2.24) is 0 Å². The summed E-state index contributed by atoms with van der Waals surface area (Å²) >= 11 is 0. The van der Waals surface area contributed by atoms with E-state index in [4.69, 9.17) is 0 Å². The summed E-state index contributed by atoms with van der Waals surface area (Å²) in [4.78, 5) is 9.59. The molecule has 0 atom stereocenters. The Hall–Kier alpha value is -0.180. The molecule has 0 unspecified atom stereocenters. The monoisotopic (exact) mass is 134 g/mol. The van der Waals surface area contributed by atoms with Gasteiger partial charge in [0, 0.05) is 0 Å². The van der Waals surface area contributed by atoms with E-state index < -0.39 is 0 Å². The highest BCUT2D eigenvalue weighted by Crippen LogP contribution is 2.20. The summed E-state index contributed by atoms with van der Waals surface area (Å²) < 4.78 is 4.60. The summed E-state index contributed by atoms with van der Waals surface area (Å²) in [7, 11) is 0. The molecule has 1 aliphatic rings. The summed E-state index contributed by atoms with van der Waals surface area (Å²) in [6.07, 6.45) is 3.62. The molecule has 1 rings (SSSR count). The molecular formula is C5H10O2S. The average Bonchev–Trinajstić information content (AvgIpc) is 1.55. The lowest BCUT2D eigenvalue weighted by Gasteiger charge is -2.22. The number of carbonyl (C=O) groups excluding carboxylic acids is 1. The fourth-order valence-electron chi connectivity index (χ4n) is 0.585. The quantitative estimate of drug-likeness (QED) is 0.523. The molecule has 0 aliphatic heterocycles. The molecule has 1 saturated carbocycles. The minimum atomic E-state index is 0. The van der Waals surface area contributed by atoms with Gasteiger partial charge >= 0.3 is 0 Å². The third-order valence-electron chi connectivity index (χ3n) is 1.30. The molecule has 0 spiro atoms. The number of hydrogen-bond donors (Lipinski definition) is 0. The Kier molecular flexibility index (Phi) is 3.69. The van der Waals surface area contributed by atoms with Gasteiger partial charge in [-0.3, -0.25) is 4.79 Å².